The van der Waals surface area contributed by atoms with Gasteiger partial charge in [0.05, 0.1) is 22.7 Å². The zero-order valence-electron chi connectivity index (χ0n) is 17.1. The summed E-state index contributed by atoms with van der Waals surface area (Å²) in [5, 5.41) is 3.77. The second kappa shape index (κ2) is 9.15. The maximum atomic E-state index is 14.1. The molecule has 33 heavy (non-hydrogen) atoms. The lowest BCUT2D eigenvalue weighted by Gasteiger charge is -2.10. The Hall–Kier alpha value is -4.14. The van der Waals surface area contributed by atoms with Gasteiger partial charge in [0, 0.05) is 11.1 Å². The van der Waals surface area contributed by atoms with Gasteiger partial charge in [0.1, 0.15) is 0 Å². The Morgan fingerprint density at radius 1 is 0.667 bits per heavy atom. The second-order valence-electron chi connectivity index (χ2n) is 6.95. The molecule has 0 saturated heterocycles. The quantitative estimate of drug-likeness (QED) is 0.126. The number of hydrazone groups is 1. The molecular formula is C24H15F5N4. The van der Waals surface area contributed by atoms with Crippen LogP contribution < -0.4 is 5.43 Å². The summed E-state index contributed by atoms with van der Waals surface area (Å²) in [4.78, 5) is 8.73. The average Bonchev–Trinajstić information content (AvgIpc) is 2.86. The smallest absolute Gasteiger partial charge is 0.244 e. The number of nitrogens with one attached hydrogen (secondary N) is 1. The zero-order valence-corrected chi connectivity index (χ0v) is 17.1. The molecule has 166 valence electrons. The van der Waals surface area contributed by atoms with E-state index < -0.39 is 40.4 Å². The van der Waals surface area contributed by atoms with Gasteiger partial charge in [0.25, 0.3) is 0 Å². The van der Waals surface area contributed by atoms with Crippen LogP contribution in [0.4, 0.5) is 27.9 Å². The molecule has 0 aliphatic rings. The molecule has 0 aliphatic heterocycles. The van der Waals surface area contributed by atoms with Crippen molar-refractivity contribution >= 4 is 11.7 Å². The summed E-state index contributed by atoms with van der Waals surface area (Å²) >= 11 is 0. The van der Waals surface area contributed by atoms with Crippen molar-refractivity contribution in [3.8, 4) is 22.5 Å². The molecule has 0 bridgehead atoms. The highest BCUT2D eigenvalue weighted by Crippen LogP contribution is 2.26. The highest BCUT2D eigenvalue weighted by atomic mass is 19.2. The molecule has 0 spiro atoms. The normalized spacial score (nSPS) is 11.5. The van der Waals surface area contributed by atoms with Gasteiger partial charge in [-0.25, -0.2) is 37.3 Å². The lowest BCUT2D eigenvalue weighted by atomic mass is 10.1. The first-order chi connectivity index (χ1) is 15.9. The summed E-state index contributed by atoms with van der Waals surface area (Å²) in [6.45, 7) is 1.10. The fourth-order valence-corrected chi connectivity index (χ4v) is 3.12. The van der Waals surface area contributed by atoms with Crippen molar-refractivity contribution in [3.05, 3.63) is 101 Å². The van der Waals surface area contributed by atoms with Crippen LogP contribution in [0.25, 0.3) is 22.5 Å². The lowest BCUT2D eigenvalue weighted by molar-refractivity contribution is 0.377. The number of hydrogen-bond donors (Lipinski definition) is 1. The van der Waals surface area contributed by atoms with Crippen LogP contribution in [-0.4, -0.2) is 15.7 Å². The minimum Gasteiger partial charge on any atom is -0.245 e. The van der Waals surface area contributed by atoms with Crippen molar-refractivity contribution in [1.29, 1.82) is 0 Å². The molecule has 9 heteroatoms. The molecule has 0 saturated carbocycles. The van der Waals surface area contributed by atoms with Gasteiger partial charge in [-0.15, -0.1) is 0 Å². The molecule has 3 aromatic carbocycles. The molecule has 4 nitrogen and oxygen atoms in total. The third-order valence-corrected chi connectivity index (χ3v) is 4.76. The lowest BCUT2D eigenvalue weighted by Crippen LogP contribution is -2.13. The number of benzene rings is 3. The summed E-state index contributed by atoms with van der Waals surface area (Å²) in [6.07, 6.45) is 0. The highest BCUT2D eigenvalue weighted by Gasteiger charge is 2.27. The van der Waals surface area contributed by atoms with Crippen LogP contribution in [0.15, 0.2) is 71.8 Å². The van der Waals surface area contributed by atoms with Gasteiger partial charge in [-0.3, -0.25) is 0 Å². The van der Waals surface area contributed by atoms with Crippen LogP contribution in [0.2, 0.25) is 0 Å². The van der Waals surface area contributed by atoms with E-state index in [1.807, 2.05) is 60.7 Å². The fraction of sp³-hybridized carbons (Fsp3) is 0.0417. The van der Waals surface area contributed by atoms with Crippen molar-refractivity contribution in [2.75, 3.05) is 5.43 Å². The third-order valence-electron chi connectivity index (χ3n) is 4.76. The Morgan fingerprint density at radius 2 is 1.09 bits per heavy atom. The Bertz CT molecular complexity index is 1260. The summed E-state index contributed by atoms with van der Waals surface area (Å²) in [6, 6.07) is 20.1. The van der Waals surface area contributed by atoms with Gasteiger partial charge in [0.2, 0.25) is 11.8 Å². The van der Waals surface area contributed by atoms with Crippen LogP contribution in [0.3, 0.4) is 0 Å². The molecule has 0 atom stereocenters. The molecule has 1 heterocycles. The number of aromatic nitrogens is 2. The molecule has 4 rings (SSSR count). The van der Waals surface area contributed by atoms with Crippen LogP contribution in [0.5, 0.6) is 0 Å². The second-order valence-corrected chi connectivity index (χ2v) is 6.95. The van der Waals surface area contributed by atoms with Crippen molar-refractivity contribution < 1.29 is 22.0 Å². The molecule has 0 amide bonds. The number of nitrogens with zero attached hydrogens (tertiary/aromatic N) is 3. The van der Waals surface area contributed by atoms with E-state index in [-0.39, 0.29) is 5.95 Å². The zero-order chi connectivity index (χ0) is 23.5. The molecule has 0 radical (unpaired) electrons. The number of hydrogen-bond acceptors (Lipinski definition) is 4. The van der Waals surface area contributed by atoms with Crippen LogP contribution in [0.1, 0.15) is 12.5 Å². The third kappa shape index (κ3) is 4.43. The van der Waals surface area contributed by atoms with E-state index in [0.29, 0.717) is 11.4 Å². The summed E-state index contributed by atoms with van der Waals surface area (Å²) in [5.41, 5.74) is 3.49. The van der Waals surface area contributed by atoms with E-state index in [1.165, 1.54) is 0 Å². The molecule has 4 aromatic rings. The monoisotopic (exact) mass is 454 g/mol. The van der Waals surface area contributed by atoms with Crippen LogP contribution in [0, 0.1) is 29.1 Å². The van der Waals surface area contributed by atoms with E-state index >= 15 is 0 Å². The van der Waals surface area contributed by atoms with Crippen LogP contribution >= 0.6 is 0 Å². The average molecular weight is 454 g/mol. The van der Waals surface area contributed by atoms with Gasteiger partial charge < -0.3 is 0 Å². The van der Waals surface area contributed by atoms with E-state index in [2.05, 4.69) is 20.5 Å². The number of rotatable bonds is 5. The first-order valence-electron chi connectivity index (χ1n) is 9.69. The minimum atomic E-state index is -2.24. The SMILES string of the molecule is C/C(=N/Nc1nc(-c2ccccc2)cc(-c2ccccc2)n1)c1c(F)c(F)c(F)c(F)c1F. The van der Waals surface area contributed by atoms with Crippen molar-refractivity contribution in [3.63, 3.8) is 0 Å². The van der Waals surface area contributed by atoms with Gasteiger partial charge in [-0.05, 0) is 13.0 Å². The summed E-state index contributed by atoms with van der Waals surface area (Å²) in [5.74, 6) is -10.3. The highest BCUT2D eigenvalue weighted by molar-refractivity contribution is 5.99. The van der Waals surface area contributed by atoms with Crippen molar-refractivity contribution in [2.24, 2.45) is 5.10 Å². The van der Waals surface area contributed by atoms with Crippen molar-refractivity contribution in [2.45, 2.75) is 6.92 Å². The van der Waals surface area contributed by atoms with E-state index in [9.17, 15) is 22.0 Å². The first kappa shape index (κ1) is 22.1. The molecule has 0 unspecified atom stereocenters. The largest absolute Gasteiger partial charge is 0.245 e. The fourth-order valence-electron chi connectivity index (χ4n) is 3.12. The minimum absolute atomic E-state index is 0.0292. The van der Waals surface area contributed by atoms with Crippen molar-refractivity contribution in [1.82, 2.24) is 9.97 Å². The molecule has 0 aliphatic carbocycles. The standard InChI is InChI=1S/C24H15F5N4/c1-13(18-19(25)21(27)23(29)22(28)20(18)26)32-33-24-30-16(14-8-4-2-5-9-14)12-17(31-24)15-10-6-3-7-11-15/h2-12H,1H3,(H,30,31,33)/b32-13-. The Balaban J connectivity index is 1.76. The number of halogens is 5. The van der Waals surface area contributed by atoms with Crippen LogP contribution in [-0.2, 0) is 0 Å². The molecular weight excluding hydrogens is 439 g/mol. The van der Waals surface area contributed by atoms with E-state index in [1.54, 1.807) is 6.07 Å². The van der Waals surface area contributed by atoms with Gasteiger partial charge in [-0.1, -0.05) is 60.7 Å². The Morgan fingerprint density at radius 3 is 1.55 bits per heavy atom. The summed E-state index contributed by atoms with van der Waals surface area (Å²) in [7, 11) is 0. The predicted molar refractivity (Wildman–Crippen MR) is 115 cm³/mol. The predicted octanol–water partition coefficient (Wildman–Crippen LogP) is 6.34. The van der Waals surface area contributed by atoms with Gasteiger partial charge in [-0.2, -0.15) is 5.10 Å². The molecule has 0 fully saturated rings. The number of anilines is 1. The first-order valence-corrected chi connectivity index (χ1v) is 9.69. The van der Waals surface area contributed by atoms with E-state index in [0.717, 1.165) is 18.1 Å². The van der Waals surface area contributed by atoms with Gasteiger partial charge >= 0.3 is 0 Å². The maximum Gasteiger partial charge on any atom is 0.244 e. The Kier molecular flexibility index (Phi) is 6.12. The molecule has 1 N–H and O–H groups in total. The van der Waals surface area contributed by atoms with Gasteiger partial charge in [0.15, 0.2) is 23.3 Å². The van der Waals surface area contributed by atoms with E-state index in [4.69, 9.17) is 0 Å². The molecule has 1 aromatic heterocycles. The topological polar surface area (TPSA) is 50.2 Å². The maximum absolute atomic E-state index is 14.1. The summed E-state index contributed by atoms with van der Waals surface area (Å²) < 4.78 is 68.6. The Labute approximate surface area is 185 Å².